The Hall–Kier alpha value is -2.97. The first kappa shape index (κ1) is 22.7. The van der Waals surface area contributed by atoms with Gasteiger partial charge in [0.15, 0.2) is 0 Å². The second-order valence-corrected chi connectivity index (χ2v) is 9.53. The highest BCUT2D eigenvalue weighted by Crippen LogP contribution is 2.22. The average Bonchev–Trinajstić information content (AvgIpc) is 2.78. The molecule has 3 aromatic rings. The molecule has 0 spiro atoms. The van der Waals surface area contributed by atoms with E-state index in [2.05, 4.69) is 10.0 Å². The van der Waals surface area contributed by atoms with E-state index in [4.69, 9.17) is 4.74 Å². The normalized spacial score (nSPS) is 11.0. The first-order valence-electron chi connectivity index (χ1n) is 9.71. The number of hydrogen-bond acceptors (Lipinski definition) is 5. The lowest BCUT2D eigenvalue weighted by Crippen LogP contribution is -2.15. The molecule has 0 aliphatic heterocycles. The van der Waals surface area contributed by atoms with Gasteiger partial charge in [-0.2, -0.15) is 0 Å². The molecule has 6 nitrogen and oxygen atoms in total. The number of amides is 1. The molecule has 0 fully saturated rings. The highest BCUT2D eigenvalue weighted by atomic mass is 32.2. The summed E-state index contributed by atoms with van der Waals surface area (Å²) in [7, 11) is -2.25. The number of benzene rings is 3. The summed E-state index contributed by atoms with van der Waals surface area (Å²) < 4.78 is 33.0. The van der Waals surface area contributed by atoms with Gasteiger partial charge in [0.1, 0.15) is 5.75 Å². The number of carbonyl (C=O) groups is 1. The minimum atomic E-state index is -3.79. The minimum absolute atomic E-state index is 0.0701. The molecule has 0 saturated carbocycles. The molecular weight excluding hydrogens is 432 g/mol. The van der Waals surface area contributed by atoms with Gasteiger partial charge in [0.2, 0.25) is 5.91 Å². The average molecular weight is 457 g/mol. The van der Waals surface area contributed by atoms with Crippen molar-refractivity contribution in [2.24, 2.45) is 0 Å². The Kier molecular flexibility index (Phi) is 7.97. The molecule has 0 unspecified atom stereocenters. The maximum absolute atomic E-state index is 12.7. The second kappa shape index (κ2) is 10.9. The van der Waals surface area contributed by atoms with Crippen molar-refractivity contribution >= 4 is 39.1 Å². The van der Waals surface area contributed by atoms with Crippen LogP contribution in [0.5, 0.6) is 5.75 Å². The number of anilines is 2. The number of sulfonamides is 1. The zero-order valence-electron chi connectivity index (χ0n) is 17.1. The van der Waals surface area contributed by atoms with Gasteiger partial charge in [-0.05, 0) is 66.8 Å². The van der Waals surface area contributed by atoms with Crippen LogP contribution < -0.4 is 14.8 Å². The molecule has 2 N–H and O–H groups in total. The summed E-state index contributed by atoms with van der Waals surface area (Å²) in [4.78, 5) is 13.5. The fourth-order valence-electron chi connectivity index (χ4n) is 2.78. The molecule has 0 bridgehead atoms. The van der Waals surface area contributed by atoms with Crippen LogP contribution in [0.15, 0.2) is 88.7 Å². The number of hydrogen-bond donors (Lipinski definition) is 2. The molecular formula is C23H24N2O4S2. The van der Waals surface area contributed by atoms with Gasteiger partial charge in [-0.1, -0.05) is 24.3 Å². The van der Waals surface area contributed by atoms with E-state index >= 15 is 0 Å². The van der Waals surface area contributed by atoms with Crippen molar-refractivity contribution in [3.63, 3.8) is 0 Å². The molecule has 31 heavy (non-hydrogen) atoms. The quantitative estimate of drug-likeness (QED) is 0.331. The Morgan fingerprint density at radius 1 is 0.935 bits per heavy atom. The molecule has 162 valence electrons. The maximum Gasteiger partial charge on any atom is 0.261 e. The zero-order valence-corrected chi connectivity index (χ0v) is 18.7. The summed E-state index contributed by atoms with van der Waals surface area (Å²) in [5.74, 6) is 1.32. The fourth-order valence-corrected chi connectivity index (χ4v) is 4.76. The molecule has 3 rings (SSSR count). The van der Waals surface area contributed by atoms with E-state index in [-0.39, 0.29) is 10.8 Å². The van der Waals surface area contributed by atoms with Gasteiger partial charge in [-0.15, -0.1) is 11.8 Å². The van der Waals surface area contributed by atoms with Crippen molar-refractivity contribution < 1.29 is 17.9 Å². The number of rotatable bonds is 10. The fraction of sp³-hybridized carbons (Fsp3) is 0.174. The SMILES string of the molecule is COc1ccc(NS(=O)(=O)c2cccc(NC(=O)CCCSc3ccccc3)c2)cc1. The smallest absolute Gasteiger partial charge is 0.261 e. The van der Waals surface area contributed by atoms with Gasteiger partial charge in [0.05, 0.1) is 12.0 Å². The van der Waals surface area contributed by atoms with E-state index in [9.17, 15) is 13.2 Å². The lowest BCUT2D eigenvalue weighted by atomic mass is 10.3. The third kappa shape index (κ3) is 7.04. The molecule has 1 amide bonds. The Morgan fingerprint density at radius 3 is 2.39 bits per heavy atom. The number of ether oxygens (including phenoxy) is 1. The van der Waals surface area contributed by atoms with Crippen LogP contribution in [0.4, 0.5) is 11.4 Å². The van der Waals surface area contributed by atoms with Crippen LogP contribution in [-0.2, 0) is 14.8 Å². The highest BCUT2D eigenvalue weighted by molar-refractivity contribution is 7.99. The van der Waals surface area contributed by atoms with Crippen molar-refractivity contribution in [2.45, 2.75) is 22.6 Å². The summed E-state index contributed by atoms with van der Waals surface area (Å²) in [5, 5.41) is 2.78. The van der Waals surface area contributed by atoms with Gasteiger partial charge in [0, 0.05) is 22.7 Å². The van der Waals surface area contributed by atoms with Gasteiger partial charge in [-0.25, -0.2) is 8.42 Å². The molecule has 0 aliphatic rings. The maximum atomic E-state index is 12.7. The summed E-state index contributed by atoms with van der Waals surface area (Å²) in [6.45, 7) is 0. The van der Waals surface area contributed by atoms with Crippen LogP contribution in [0, 0.1) is 0 Å². The van der Waals surface area contributed by atoms with Crippen LogP contribution in [0.25, 0.3) is 0 Å². The second-order valence-electron chi connectivity index (χ2n) is 6.68. The van der Waals surface area contributed by atoms with E-state index in [1.54, 1.807) is 55.3 Å². The monoisotopic (exact) mass is 456 g/mol. The predicted molar refractivity (Wildman–Crippen MR) is 125 cm³/mol. The highest BCUT2D eigenvalue weighted by Gasteiger charge is 2.15. The number of carbonyl (C=O) groups excluding carboxylic acids is 1. The number of nitrogens with one attached hydrogen (secondary N) is 2. The van der Waals surface area contributed by atoms with Crippen LogP contribution in [0.1, 0.15) is 12.8 Å². The van der Waals surface area contributed by atoms with E-state index in [1.807, 2.05) is 30.3 Å². The summed E-state index contributed by atoms with van der Waals surface area (Å²) in [6, 6.07) is 22.8. The molecule has 0 aliphatic carbocycles. The van der Waals surface area contributed by atoms with Crippen LogP contribution in [0.3, 0.4) is 0 Å². The first-order chi connectivity index (χ1) is 15.0. The van der Waals surface area contributed by atoms with Gasteiger partial charge < -0.3 is 10.1 Å². The van der Waals surface area contributed by atoms with Crippen LogP contribution in [-0.4, -0.2) is 27.2 Å². The van der Waals surface area contributed by atoms with Crippen LogP contribution in [0.2, 0.25) is 0 Å². The summed E-state index contributed by atoms with van der Waals surface area (Å²) in [6.07, 6.45) is 1.09. The Balaban J connectivity index is 1.54. The molecule has 3 aromatic carbocycles. The van der Waals surface area contributed by atoms with Gasteiger partial charge >= 0.3 is 0 Å². The third-order valence-corrected chi connectivity index (χ3v) is 6.81. The lowest BCUT2D eigenvalue weighted by Gasteiger charge is -2.11. The van der Waals surface area contributed by atoms with E-state index in [1.165, 1.54) is 17.0 Å². The van der Waals surface area contributed by atoms with Crippen molar-refractivity contribution in [3.05, 3.63) is 78.9 Å². The molecule has 8 heteroatoms. The van der Waals surface area contributed by atoms with Crippen molar-refractivity contribution in [2.75, 3.05) is 22.9 Å². The zero-order chi connectivity index (χ0) is 22.1. The summed E-state index contributed by atoms with van der Waals surface area (Å²) in [5.41, 5.74) is 0.865. The first-order valence-corrected chi connectivity index (χ1v) is 12.2. The third-order valence-electron chi connectivity index (χ3n) is 4.33. The topological polar surface area (TPSA) is 84.5 Å². The molecule has 0 saturated heterocycles. The molecule has 0 radical (unpaired) electrons. The van der Waals surface area contributed by atoms with Gasteiger partial charge in [-0.3, -0.25) is 9.52 Å². The van der Waals surface area contributed by atoms with Crippen molar-refractivity contribution in [1.82, 2.24) is 0 Å². The molecule has 0 aromatic heterocycles. The van der Waals surface area contributed by atoms with E-state index < -0.39 is 10.0 Å². The lowest BCUT2D eigenvalue weighted by molar-refractivity contribution is -0.116. The van der Waals surface area contributed by atoms with E-state index in [0.717, 1.165) is 12.2 Å². The van der Waals surface area contributed by atoms with Crippen molar-refractivity contribution in [3.8, 4) is 5.75 Å². The van der Waals surface area contributed by atoms with Gasteiger partial charge in [0.25, 0.3) is 10.0 Å². The predicted octanol–water partition coefficient (Wildman–Crippen LogP) is 5.01. The largest absolute Gasteiger partial charge is 0.497 e. The van der Waals surface area contributed by atoms with E-state index in [0.29, 0.717) is 23.5 Å². The standard InChI is InChI=1S/C23H24N2O4S2/c1-29-20-14-12-18(13-15-20)25-31(27,28)22-10-5-7-19(17-22)24-23(26)11-6-16-30-21-8-3-2-4-9-21/h2-5,7-10,12-15,17,25H,6,11,16H2,1H3,(H,24,26). The number of thioether (sulfide) groups is 1. The molecule has 0 heterocycles. The Bertz CT molecular complexity index is 1100. The van der Waals surface area contributed by atoms with Crippen molar-refractivity contribution in [1.29, 1.82) is 0 Å². The summed E-state index contributed by atoms with van der Waals surface area (Å²) >= 11 is 1.70. The Labute approximate surface area is 187 Å². The van der Waals surface area contributed by atoms with Crippen LogP contribution >= 0.6 is 11.8 Å². The Morgan fingerprint density at radius 2 is 1.68 bits per heavy atom. The minimum Gasteiger partial charge on any atom is -0.497 e. The molecule has 0 atom stereocenters. The number of methoxy groups -OCH3 is 1.